The minimum absolute atomic E-state index is 0.109. The second-order valence-electron chi connectivity index (χ2n) is 3.31. The van der Waals surface area contributed by atoms with Gasteiger partial charge in [0.2, 0.25) is 10.0 Å². The van der Waals surface area contributed by atoms with Gasteiger partial charge in [0.25, 0.3) is 0 Å². The molecular formula is C9H16N2O3S. The molecular weight excluding hydrogens is 216 g/mol. The van der Waals surface area contributed by atoms with E-state index in [2.05, 4.69) is 5.32 Å². The first-order valence-corrected chi connectivity index (χ1v) is 6.27. The molecule has 0 bridgehead atoms. The number of hydrogen-bond acceptors (Lipinski definition) is 4. The van der Waals surface area contributed by atoms with Gasteiger partial charge in [0.05, 0.1) is 18.3 Å². The zero-order valence-corrected chi connectivity index (χ0v) is 9.75. The van der Waals surface area contributed by atoms with Gasteiger partial charge in [0.1, 0.15) is 0 Å². The van der Waals surface area contributed by atoms with Crippen molar-refractivity contribution in [2.75, 3.05) is 26.4 Å². The van der Waals surface area contributed by atoms with Gasteiger partial charge in [-0.1, -0.05) is 0 Å². The molecule has 0 aliphatic carbocycles. The molecule has 1 aromatic heterocycles. The molecule has 0 spiro atoms. The first kappa shape index (κ1) is 12.2. The van der Waals surface area contributed by atoms with Crippen molar-refractivity contribution in [3.05, 3.63) is 24.2 Å². The minimum atomic E-state index is -3.17. The van der Waals surface area contributed by atoms with Gasteiger partial charge >= 0.3 is 0 Å². The molecule has 0 radical (unpaired) electrons. The van der Waals surface area contributed by atoms with Crippen LogP contribution in [0.2, 0.25) is 0 Å². The predicted octanol–water partition coefficient (Wildman–Crippen LogP) is 0.261. The topological polar surface area (TPSA) is 62.6 Å². The Hall–Kier alpha value is -0.850. The molecule has 0 atom stereocenters. The lowest BCUT2D eigenvalue weighted by Gasteiger charge is -2.15. The molecule has 0 aliphatic rings. The molecule has 0 unspecified atom stereocenters. The normalized spacial score (nSPS) is 12.2. The van der Waals surface area contributed by atoms with Crippen molar-refractivity contribution in [3.8, 4) is 0 Å². The number of hydrogen-bond donors (Lipinski definition) is 1. The third-order valence-corrected chi connectivity index (χ3v) is 3.87. The van der Waals surface area contributed by atoms with Gasteiger partial charge in [0.15, 0.2) is 0 Å². The average molecular weight is 232 g/mol. The molecule has 0 aliphatic heterocycles. The van der Waals surface area contributed by atoms with E-state index in [1.807, 2.05) is 0 Å². The fraction of sp³-hybridized carbons (Fsp3) is 0.556. The molecule has 0 saturated heterocycles. The van der Waals surface area contributed by atoms with Crippen LogP contribution in [0.15, 0.2) is 23.0 Å². The fourth-order valence-electron chi connectivity index (χ4n) is 1.12. The van der Waals surface area contributed by atoms with Crippen molar-refractivity contribution < 1.29 is 12.8 Å². The summed E-state index contributed by atoms with van der Waals surface area (Å²) in [5, 5.41) is 2.81. The first-order valence-electron chi connectivity index (χ1n) is 4.66. The number of furan rings is 1. The standard InChI is InChI=1S/C9H16N2O3S/c1-10-4-6-15(12,13)11(2)7-9-3-5-14-8-9/h3,5,8,10H,4,6-7H2,1-2H3. The lowest BCUT2D eigenvalue weighted by atomic mass is 10.3. The van der Waals surface area contributed by atoms with Crippen LogP contribution in [-0.2, 0) is 16.6 Å². The van der Waals surface area contributed by atoms with E-state index in [4.69, 9.17) is 4.42 Å². The Morgan fingerprint density at radius 3 is 2.80 bits per heavy atom. The Labute approximate surface area is 90.1 Å². The SMILES string of the molecule is CNCCS(=O)(=O)N(C)Cc1ccoc1. The van der Waals surface area contributed by atoms with E-state index in [0.29, 0.717) is 13.1 Å². The summed E-state index contributed by atoms with van der Waals surface area (Å²) in [6.45, 7) is 0.806. The number of nitrogens with zero attached hydrogens (tertiary/aromatic N) is 1. The van der Waals surface area contributed by atoms with E-state index in [9.17, 15) is 8.42 Å². The third-order valence-electron chi connectivity index (χ3n) is 2.07. The summed E-state index contributed by atoms with van der Waals surface area (Å²) in [6.07, 6.45) is 3.08. The summed E-state index contributed by atoms with van der Waals surface area (Å²) in [5.41, 5.74) is 0.852. The van der Waals surface area contributed by atoms with E-state index in [-0.39, 0.29) is 5.75 Å². The fourth-order valence-corrected chi connectivity index (χ4v) is 2.24. The number of rotatable bonds is 6. The van der Waals surface area contributed by atoms with Gasteiger partial charge in [-0.25, -0.2) is 12.7 Å². The summed E-state index contributed by atoms with van der Waals surface area (Å²) >= 11 is 0. The van der Waals surface area contributed by atoms with Crippen LogP contribution >= 0.6 is 0 Å². The Morgan fingerprint density at radius 1 is 1.53 bits per heavy atom. The maximum atomic E-state index is 11.7. The van der Waals surface area contributed by atoms with Gasteiger partial charge in [-0.15, -0.1) is 0 Å². The quantitative estimate of drug-likeness (QED) is 0.764. The molecule has 1 heterocycles. The Kier molecular flexibility index (Phi) is 4.31. The van der Waals surface area contributed by atoms with E-state index >= 15 is 0 Å². The zero-order valence-electron chi connectivity index (χ0n) is 8.93. The van der Waals surface area contributed by atoms with Crippen molar-refractivity contribution in [1.29, 1.82) is 0 Å². The molecule has 0 amide bonds. The lowest BCUT2D eigenvalue weighted by molar-refractivity contribution is 0.462. The summed E-state index contributed by atoms with van der Waals surface area (Å²) < 4.78 is 29.5. The highest BCUT2D eigenvalue weighted by atomic mass is 32.2. The second-order valence-corrected chi connectivity index (χ2v) is 5.50. The van der Waals surface area contributed by atoms with Gasteiger partial charge < -0.3 is 9.73 Å². The largest absolute Gasteiger partial charge is 0.472 e. The Bertz CT molecular complexity index is 372. The van der Waals surface area contributed by atoms with Crippen molar-refractivity contribution in [2.24, 2.45) is 0 Å². The van der Waals surface area contributed by atoms with Crippen molar-refractivity contribution in [1.82, 2.24) is 9.62 Å². The molecule has 0 saturated carbocycles. The second kappa shape index (κ2) is 5.29. The van der Waals surface area contributed by atoms with Crippen LogP contribution in [0.25, 0.3) is 0 Å². The monoisotopic (exact) mass is 232 g/mol. The van der Waals surface area contributed by atoms with Gasteiger partial charge in [-0.05, 0) is 13.1 Å². The van der Waals surface area contributed by atoms with Crippen LogP contribution in [0.5, 0.6) is 0 Å². The number of nitrogens with one attached hydrogen (secondary N) is 1. The minimum Gasteiger partial charge on any atom is -0.472 e. The van der Waals surface area contributed by atoms with E-state index < -0.39 is 10.0 Å². The molecule has 0 fully saturated rings. The molecule has 1 aromatic rings. The van der Waals surface area contributed by atoms with Crippen LogP contribution in [-0.4, -0.2) is 39.1 Å². The van der Waals surface area contributed by atoms with Crippen LogP contribution in [0.3, 0.4) is 0 Å². The highest BCUT2D eigenvalue weighted by Crippen LogP contribution is 2.07. The molecule has 0 aromatic carbocycles. The predicted molar refractivity (Wildman–Crippen MR) is 57.9 cm³/mol. The highest BCUT2D eigenvalue weighted by molar-refractivity contribution is 7.89. The van der Waals surface area contributed by atoms with Gasteiger partial charge in [-0.2, -0.15) is 0 Å². The van der Waals surface area contributed by atoms with E-state index in [1.165, 1.54) is 10.6 Å². The lowest BCUT2D eigenvalue weighted by Crippen LogP contribution is -2.32. The van der Waals surface area contributed by atoms with Gasteiger partial charge in [0, 0.05) is 25.7 Å². The van der Waals surface area contributed by atoms with Crippen LogP contribution in [0, 0.1) is 0 Å². The first-order chi connectivity index (χ1) is 7.06. The summed E-state index contributed by atoms with van der Waals surface area (Å²) in [7, 11) is 0.126. The maximum Gasteiger partial charge on any atom is 0.215 e. The molecule has 1 N–H and O–H groups in total. The molecule has 15 heavy (non-hydrogen) atoms. The maximum absolute atomic E-state index is 11.7. The Balaban J connectivity index is 2.56. The van der Waals surface area contributed by atoms with Crippen LogP contribution in [0.1, 0.15) is 5.56 Å². The van der Waals surface area contributed by atoms with E-state index in [0.717, 1.165) is 5.56 Å². The summed E-state index contributed by atoms with van der Waals surface area (Å²) in [4.78, 5) is 0. The summed E-state index contributed by atoms with van der Waals surface area (Å²) in [5.74, 6) is 0.109. The van der Waals surface area contributed by atoms with Crippen molar-refractivity contribution in [3.63, 3.8) is 0 Å². The van der Waals surface area contributed by atoms with Crippen molar-refractivity contribution >= 4 is 10.0 Å². The average Bonchev–Trinajstić information content (AvgIpc) is 2.67. The summed E-state index contributed by atoms with van der Waals surface area (Å²) in [6, 6.07) is 1.75. The molecule has 86 valence electrons. The van der Waals surface area contributed by atoms with E-state index in [1.54, 1.807) is 26.4 Å². The van der Waals surface area contributed by atoms with Gasteiger partial charge in [-0.3, -0.25) is 0 Å². The zero-order chi connectivity index (χ0) is 11.3. The third kappa shape index (κ3) is 3.65. The van der Waals surface area contributed by atoms with Crippen LogP contribution < -0.4 is 5.32 Å². The Morgan fingerprint density at radius 2 is 2.27 bits per heavy atom. The highest BCUT2D eigenvalue weighted by Gasteiger charge is 2.17. The van der Waals surface area contributed by atoms with Crippen molar-refractivity contribution in [2.45, 2.75) is 6.54 Å². The molecule has 5 nitrogen and oxygen atoms in total. The molecule has 1 rings (SSSR count). The molecule has 6 heteroatoms. The smallest absolute Gasteiger partial charge is 0.215 e. The van der Waals surface area contributed by atoms with Crippen LogP contribution in [0.4, 0.5) is 0 Å². The number of sulfonamides is 1.